The summed E-state index contributed by atoms with van der Waals surface area (Å²) < 4.78 is 0. The maximum absolute atomic E-state index is 4.91. The lowest BCUT2D eigenvalue weighted by Gasteiger charge is -2.30. The van der Waals surface area contributed by atoms with Gasteiger partial charge in [0.25, 0.3) is 0 Å². The Morgan fingerprint density at radius 1 is 1.05 bits per heavy atom. The van der Waals surface area contributed by atoms with Crippen molar-refractivity contribution in [1.29, 1.82) is 0 Å². The van der Waals surface area contributed by atoms with Crippen LogP contribution >= 0.6 is 0 Å². The van der Waals surface area contributed by atoms with Crippen LogP contribution in [0.5, 0.6) is 0 Å². The Hall–Kier alpha value is -1.94. The molecule has 116 valence electrons. The van der Waals surface area contributed by atoms with Crippen molar-refractivity contribution in [3.8, 4) is 11.4 Å². The number of rotatable bonds is 3. The van der Waals surface area contributed by atoms with E-state index in [0.29, 0.717) is 0 Å². The molecule has 0 atom stereocenters. The first-order valence-corrected chi connectivity index (χ1v) is 8.09. The van der Waals surface area contributed by atoms with Gasteiger partial charge in [-0.3, -0.25) is 0 Å². The molecule has 1 aromatic heterocycles. The molecular weight excluding hydrogens is 272 g/mol. The topological polar surface area (TPSA) is 41.1 Å². The van der Waals surface area contributed by atoms with Crippen LogP contribution in [0.25, 0.3) is 11.4 Å². The van der Waals surface area contributed by atoms with E-state index < -0.39 is 0 Å². The first-order valence-electron chi connectivity index (χ1n) is 8.09. The van der Waals surface area contributed by atoms with Gasteiger partial charge in [-0.2, -0.15) is 0 Å². The monoisotopic (exact) mass is 296 g/mol. The Labute approximate surface area is 132 Å². The molecule has 1 aliphatic heterocycles. The molecule has 2 heterocycles. The zero-order valence-corrected chi connectivity index (χ0v) is 13.7. The van der Waals surface area contributed by atoms with Crippen LogP contribution in [0.1, 0.15) is 23.7 Å². The molecule has 0 aliphatic carbocycles. The molecule has 0 amide bonds. The summed E-state index contributed by atoms with van der Waals surface area (Å²) >= 11 is 0. The standard InChI is InChI=1S/C18H24N4/c1-4-16-14(3)20-17(15-7-5-13(2)6-8-15)21-18(16)22-11-9-19-10-12-22/h5-8,19H,4,9-12H2,1-3H3. The van der Waals surface area contributed by atoms with E-state index in [4.69, 9.17) is 9.97 Å². The van der Waals surface area contributed by atoms with E-state index in [2.05, 4.69) is 55.3 Å². The zero-order valence-electron chi connectivity index (χ0n) is 13.7. The lowest BCUT2D eigenvalue weighted by Crippen LogP contribution is -2.44. The first-order chi connectivity index (χ1) is 10.7. The molecule has 2 aromatic rings. The van der Waals surface area contributed by atoms with Crippen molar-refractivity contribution in [3.63, 3.8) is 0 Å². The van der Waals surface area contributed by atoms with E-state index in [9.17, 15) is 0 Å². The minimum Gasteiger partial charge on any atom is -0.354 e. The number of nitrogens with zero attached hydrogens (tertiary/aromatic N) is 3. The summed E-state index contributed by atoms with van der Waals surface area (Å²) in [5, 5.41) is 3.40. The minimum atomic E-state index is 0.836. The summed E-state index contributed by atoms with van der Waals surface area (Å²) in [4.78, 5) is 12.1. The fourth-order valence-electron chi connectivity index (χ4n) is 2.96. The second-order valence-corrected chi connectivity index (χ2v) is 5.89. The van der Waals surface area contributed by atoms with Gasteiger partial charge < -0.3 is 10.2 Å². The van der Waals surface area contributed by atoms with Crippen LogP contribution in [0.4, 0.5) is 5.82 Å². The highest BCUT2D eigenvalue weighted by Crippen LogP contribution is 2.26. The van der Waals surface area contributed by atoms with Crippen LogP contribution in [0, 0.1) is 13.8 Å². The number of benzene rings is 1. The van der Waals surface area contributed by atoms with Gasteiger partial charge in [0.2, 0.25) is 0 Å². The molecule has 0 saturated carbocycles. The maximum Gasteiger partial charge on any atom is 0.161 e. The van der Waals surface area contributed by atoms with Gasteiger partial charge in [-0.25, -0.2) is 9.97 Å². The van der Waals surface area contributed by atoms with Crippen molar-refractivity contribution in [2.75, 3.05) is 31.1 Å². The van der Waals surface area contributed by atoms with E-state index in [1.54, 1.807) is 0 Å². The Morgan fingerprint density at radius 3 is 2.36 bits per heavy atom. The lowest BCUT2D eigenvalue weighted by molar-refractivity contribution is 0.582. The Morgan fingerprint density at radius 2 is 1.73 bits per heavy atom. The second-order valence-electron chi connectivity index (χ2n) is 5.89. The van der Waals surface area contributed by atoms with Gasteiger partial charge in [0, 0.05) is 43.0 Å². The number of hydrogen-bond acceptors (Lipinski definition) is 4. The quantitative estimate of drug-likeness (QED) is 0.945. The average molecular weight is 296 g/mol. The van der Waals surface area contributed by atoms with E-state index in [-0.39, 0.29) is 0 Å². The first kappa shape index (κ1) is 15.0. The smallest absolute Gasteiger partial charge is 0.161 e. The van der Waals surface area contributed by atoms with Crippen LogP contribution < -0.4 is 10.2 Å². The van der Waals surface area contributed by atoms with Gasteiger partial charge >= 0.3 is 0 Å². The molecule has 4 heteroatoms. The van der Waals surface area contributed by atoms with Crippen molar-refractivity contribution in [1.82, 2.24) is 15.3 Å². The number of hydrogen-bond donors (Lipinski definition) is 1. The molecule has 1 aromatic carbocycles. The summed E-state index contributed by atoms with van der Waals surface area (Å²) in [6, 6.07) is 8.45. The van der Waals surface area contributed by atoms with Gasteiger partial charge in [0.15, 0.2) is 5.82 Å². The van der Waals surface area contributed by atoms with E-state index in [1.807, 2.05) is 0 Å². The molecule has 0 unspecified atom stereocenters. The molecule has 4 nitrogen and oxygen atoms in total. The third-order valence-electron chi connectivity index (χ3n) is 4.27. The molecular formula is C18H24N4. The highest BCUT2D eigenvalue weighted by Gasteiger charge is 2.18. The van der Waals surface area contributed by atoms with Crippen molar-refractivity contribution >= 4 is 5.82 Å². The summed E-state index contributed by atoms with van der Waals surface area (Å²) in [5.41, 5.74) is 4.72. The minimum absolute atomic E-state index is 0.836. The van der Waals surface area contributed by atoms with Gasteiger partial charge in [-0.15, -0.1) is 0 Å². The van der Waals surface area contributed by atoms with Gasteiger partial charge in [-0.1, -0.05) is 36.8 Å². The van der Waals surface area contributed by atoms with Crippen LogP contribution in [0.3, 0.4) is 0 Å². The average Bonchev–Trinajstić information content (AvgIpc) is 2.55. The van der Waals surface area contributed by atoms with Crippen molar-refractivity contribution in [2.24, 2.45) is 0 Å². The molecule has 22 heavy (non-hydrogen) atoms. The highest BCUT2D eigenvalue weighted by atomic mass is 15.2. The maximum atomic E-state index is 4.91. The van der Waals surface area contributed by atoms with Crippen molar-refractivity contribution < 1.29 is 0 Å². The fraction of sp³-hybridized carbons (Fsp3) is 0.444. The second kappa shape index (κ2) is 6.44. The van der Waals surface area contributed by atoms with E-state index in [0.717, 1.165) is 55.5 Å². The normalized spacial score (nSPS) is 15.1. The Balaban J connectivity index is 2.05. The number of nitrogens with one attached hydrogen (secondary N) is 1. The molecule has 1 N–H and O–H groups in total. The molecule has 0 bridgehead atoms. The van der Waals surface area contributed by atoms with Crippen LogP contribution in [0.2, 0.25) is 0 Å². The SMILES string of the molecule is CCc1c(C)nc(-c2ccc(C)cc2)nc1N1CCNCC1. The lowest BCUT2D eigenvalue weighted by atomic mass is 10.1. The molecule has 0 radical (unpaired) electrons. The number of piperazine rings is 1. The third kappa shape index (κ3) is 2.97. The van der Waals surface area contributed by atoms with Crippen LogP contribution in [-0.2, 0) is 6.42 Å². The predicted molar refractivity (Wildman–Crippen MR) is 91.4 cm³/mol. The van der Waals surface area contributed by atoms with E-state index in [1.165, 1.54) is 11.1 Å². The van der Waals surface area contributed by atoms with Gasteiger partial charge in [0.05, 0.1) is 0 Å². The summed E-state index contributed by atoms with van der Waals surface area (Å²) in [5.74, 6) is 1.95. The summed E-state index contributed by atoms with van der Waals surface area (Å²) in [6.45, 7) is 10.4. The van der Waals surface area contributed by atoms with Crippen LogP contribution in [-0.4, -0.2) is 36.1 Å². The number of aromatic nitrogens is 2. The Bertz CT molecular complexity index is 643. The predicted octanol–water partition coefficient (Wildman–Crippen LogP) is 2.73. The molecule has 1 fully saturated rings. The van der Waals surface area contributed by atoms with Gasteiger partial charge in [0.1, 0.15) is 5.82 Å². The van der Waals surface area contributed by atoms with Gasteiger partial charge in [-0.05, 0) is 20.3 Å². The summed E-state index contributed by atoms with van der Waals surface area (Å²) in [7, 11) is 0. The van der Waals surface area contributed by atoms with E-state index >= 15 is 0 Å². The molecule has 0 spiro atoms. The van der Waals surface area contributed by atoms with Crippen LogP contribution in [0.15, 0.2) is 24.3 Å². The fourth-order valence-corrected chi connectivity index (χ4v) is 2.96. The molecule has 1 aliphatic rings. The highest BCUT2D eigenvalue weighted by molar-refractivity contribution is 5.61. The van der Waals surface area contributed by atoms with Crippen molar-refractivity contribution in [2.45, 2.75) is 27.2 Å². The molecule has 3 rings (SSSR count). The zero-order chi connectivity index (χ0) is 15.5. The largest absolute Gasteiger partial charge is 0.354 e. The number of aryl methyl sites for hydroxylation is 2. The number of anilines is 1. The third-order valence-corrected chi connectivity index (χ3v) is 4.27. The van der Waals surface area contributed by atoms with Crippen molar-refractivity contribution in [3.05, 3.63) is 41.1 Å². The molecule has 1 saturated heterocycles. The Kier molecular flexibility index (Phi) is 4.39. The summed E-state index contributed by atoms with van der Waals surface area (Å²) in [6.07, 6.45) is 0.972.